The third kappa shape index (κ3) is 30.1. The zero-order valence-corrected chi connectivity index (χ0v) is 30.3. The Balaban J connectivity index is 4.27. The lowest BCUT2D eigenvalue weighted by molar-refractivity contribution is -0.228. The van der Waals surface area contributed by atoms with Crippen LogP contribution >= 0.6 is 7.82 Å². The molecule has 9 nitrogen and oxygen atoms in total. The number of hydrogen-bond donors (Lipinski definition) is 1. The lowest BCUT2D eigenvalue weighted by Crippen LogP contribution is -2.30. The van der Waals surface area contributed by atoms with Gasteiger partial charge in [0.1, 0.15) is 6.61 Å². The van der Waals surface area contributed by atoms with Crippen LogP contribution in [-0.4, -0.2) is 44.4 Å². The molecule has 0 aromatic heterocycles. The number of phosphoric acid groups is 1. The van der Waals surface area contributed by atoms with Crippen molar-refractivity contribution in [1.29, 1.82) is 0 Å². The normalized spacial score (nSPS) is 14.9. The van der Waals surface area contributed by atoms with Crippen LogP contribution in [-0.2, 0) is 32.7 Å². The monoisotopic (exact) mass is 662 g/mol. The van der Waals surface area contributed by atoms with Crippen LogP contribution in [0.1, 0.15) is 169 Å². The number of phosphoric ester groups is 1. The van der Waals surface area contributed by atoms with E-state index in [4.69, 9.17) is 19.7 Å². The summed E-state index contributed by atoms with van der Waals surface area (Å²) < 4.78 is 32.2. The second-order valence-corrected chi connectivity index (χ2v) is 14.3. The van der Waals surface area contributed by atoms with Gasteiger partial charge in [-0.1, -0.05) is 143 Å². The molecule has 3 unspecified atom stereocenters. The number of carbonyl (C=O) groups excluding carboxylic acids is 2. The molecule has 2 N–H and O–H groups in total. The third-order valence-corrected chi connectivity index (χ3v) is 9.53. The van der Waals surface area contributed by atoms with Crippen LogP contribution in [0.15, 0.2) is 0 Å². The molecule has 0 spiro atoms. The Kier molecular flexibility index (Phi) is 29.7. The Morgan fingerprint density at radius 3 is 1.51 bits per heavy atom. The van der Waals surface area contributed by atoms with E-state index < -0.39 is 32.5 Å². The molecule has 0 aromatic carbocycles. The maximum atomic E-state index is 12.5. The van der Waals surface area contributed by atoms with Crippen molar-refractivity contribution in [3.05, 3.63) is 0 Å². The van der Waals surface area contributed by atoms with Crippen molar-refractivity contribution < 1.29 is 37.6 Å². The smallest absolute Gasteiger partial charge is 0.306 e. The Morgan fingerprint density at radius 1 is 0.644 bits per heavy atom. The molecule has 0 radical (unpaired) electrons. The maximum absolute atomic E-state index is 12.5. The Morgan fingerprint density at radius 2 is 1.07 bits per heavy atom. The summed E-state index contributed by atoms with van der Waals surface area (Å²) in [7, 11) is -4.61. The quantitative estimate of drug-likeness (QED) is 0.0415. The second-order valence-electron chi connectivity index (χ2n) is 12.9. The summed E-state index contributed by atoms with van der Waals surface area (Å²) in [6.45, 7) is 8.17. The number of rotatable bonds is 33. The van der Waals surface area contributed by atoms with Gasteiger partial charge in [-0.2, -0.15) is 0 Å². The van der Waals surface area contributed by atoms with Gasteiger partial charge < -0.3 is 29.1 Å². The van der Waals surface area contributed by atoms with E-state index in [0.717, 1.165) is 50.4 Å². The molecule has 0 bridgehead atoms. The molecular weight excluding hydrogens is 593 g/mol. The van der Waals surface area contributed by atoms with Crippen LogP contribution in [0.2, 0.25) is 0 Å². The van der Waals surface area contributed by atoms with E-state index in [0.29, 0.717) is 6.42 Å². The summed E-state index contributed by atoms with van der Waals surface area (Å²) in [5.41, 5.74) is 5.29. The topological polar surface area (TPSA) is 137 Å². The minimum atomic E-state index is -4.61. The standard InChI is InChI=1S/C35H70NO8P/c1-5-31(3)23-19-15-11-7-9-13-17-21-25-34(37)41-29-33(30-43-45(39,40)42-28-27-36)44-35(38)26-22-18-14-10-8-12-16-20-24-32(4)6-2/h31-33H,5-30,36H2,1-4H3,(H,39,40)/p-1/t31?,32?,33-/m0/s1. The van der Waals surface area contributed by atoms with Crippen molar-refractivity contribution in [2.24, 2.45) is 17.6 Å². The summed E-state index contributed by atoms with van der Waals surface area (Å²) in [6, 6.07) is 0. The van der Waals surface area contributed by atoms with Gasteiger partial charge in [-0.3, -0.25) is 14.2 Å². The highest BCUT2D eigenvalue weighted by atomic mass is 31.2. The second kappa shape index (κ2) is 30.4. The first-order valence-corrected chi connectivity index (χ1v) is 19.7. The van der Waals surface area contributed by atoms with Crippen LogP contribution in [0.5, 0.6) is 0 Å². The van der Waals surface area contributed by atoms with E-state index in [1.54, 1.807) is 0 Å². The molecule has 0 saturated carbocycles. The van der Waals surface area contributed by atoms with Crippen molar-refractivity contribution in [3.8, 4) is 0 Å². The highest BCUT2D eigenvalue weighted by Crippen LogP contribution is 2.38. The molecule has 0 aliphatic carbocycles. The van der Waals surface area contributed by atoms with Crippen molar-refractivity contribution in [2.45, 2.75) is 175 Å². The molecule has 10 heteroatoms. The van der Waals surface area contributed by atoms with Gasteiger partial charge in [0.05, 0.1) is 13.2 Å². The molecule has 0 heterocycles. The fourth-order valence-electron chi connectivity index (χ4n) is 5.05. The summed E-state index contributed by atoms with van der Waals surface area (Å²) in [4.78, 5) is 36.7. The predicted octanol–water partition coefficient (Wildman–Crippen LogP) is 8.80. The number of carbonyl (C=O) groups is 2. The SMILES string of the molecule is CCC(C)CCCCCCCCCCC(=O)OC[C@@H](COP(=O)([O-])OCCN)OC(=O)CCCCCCCCCCC(C)CC. The summed E-state index contributed by atoms with van der Waals surface area (Å²) in [5.74, 6) is 0.784. The summed E-state index contributed by atoms with van der Waals surface area (Å²) in [6.07, 6.45) is 22.6. The number of ether oxygens (including phenoxy) is 2. The lowest BCUT2D eigenvalue weighted by atomic mass is 9.99. The van der Waals surface area contributed by atoms with Gasteiger partial charge in [0.25, 0.3) is 7.82 Å². The number of unbranched alkanes of at least 4 members (excludes halogenated alkanes) is 14. The summed E-state index contributed by atoms with van der Waals surface area (Å²) >= 11 is 0. The van der Waals surface area contributed by atoms with Gasteiger partial charge in [0, 0.05) is 19.4 Å². The molecule has 0 amide bonds. The Bertz CT molecular complexity index is 753. The molecule has 0 rings (SSSR count). The van der Waals surface area contributed by atoms with Gasteiger partial charge >= 0.3 is 11.9 Å². The molecule has 0 fully saturated rings. The van der Waals surface area contributed by atoms with Gasteiger partial charge in [-0.15, -0.1) is 0 Å². The van der Waals surface area contributed by atoms with Crippen molar-refractivity contribution in [3.63, 3.8) is 0 Å². The fraction of sp³-hybridized carbons (Fsp3) is 0.943. The zero-order valence-electron chi connectivity index (χ0n) is 29.4. The molecule has 45 heavy (non-hydrogen) atoms. The van der Waals surface area contributed by atoms with Crippen LogP contribution in [0.4, 0.5) is 0 Å². The van der Waals surface area contributed by atoms with Crippen LogP contribution in [0.25, 0.3) is 0 Å². The maximum Gasteiger partial charge on any atom is 0.306 e. The minimum absolute atomic E-state index is 0.0161. The average molecular weight is 663 g/mol. The number of nitrogens with two attached hydrogens (primary N) is 1. The zero-order chi connectivity index (χ0) is 33.6. The molecule has 4 atom stereocenters. The first-order chi connectivity index (χ1) is 21.6. The van der Waals surface area contributed by atoms with Crippen LogP contribution in [0, 0.1) is 11.8 Å². The van der Waals surface area contributed by atoms with E-state index in [1.807, 2.05) is 0 Å². The van der Waals surface area contributed by atoms with E-state index >= 15 is 0 Å². The lowest BCUT2D eigenvalue weighted by Gasteiger charge is -2.25. The first kappa shape index (κ1) is 44.0. The number of hydrogen-bond acceptors (Lipinski definition) is 9. The van der Waals surface area contributed by atoms with Gasteiger partial charge in [0.2, 0.25) is 0 Å². The molecule has 268 valence electrons. The largest absolute Gasteiger partial charge is 0.756 e. The van der Waals surface area contributed by atoms with Gasteiger partial charge in [-0.25, -0.2) is 0 Å². The third-order valence-electron chi connectivity index (χ3n) is 8.56. The predicted molar refractivity (Wildman–Crippen MR) is 181 cm³/mol. The first-order valence-electron chi connectivity index (χ1n) is 18.3. The van der Waals surface area contributed by atoms with E-state index in [1.165, 1.54) is 83.5 Å². The van der Waals surface area contributed by atoms with Crippen molar-refractivity contribution >= 4 is 19.8 Å². The molecule has 0 aliphatic rings. The summed E-state index contributed by atoms with van der Waals surface area (Å²) in [5, 5.41) is 0. The average Bonchev–Trinajstić information content (AvgIpc) is 3.02. The fourth-order valence-corrected chi connectivity index (χ4v) is 5.80. The molecule has 0 saturated heterocycles. The van der Waals surface area contributed by atoms with Crippen molar-refractivity contribution in [1.82, 2.24) is 0 Å². The van der Waals surface area contributed by atoms with Gasteiger partial charge in [-0.05, 0) is 24.7 Å². The Hall–Kier alpha value is -0.990. The number of esters is 2. The highest BCUT2D eigenvalue weighted by Gasteiger charge is 2.21. The minimum Gasteiger partial charge on any atom is -0.756 e. The molecular formula is C35H69NO8P-. The van der Waals surface area contributed by atoms with E-state index in [9.17, 15) is 19.0 Å². The van der Waals surface area contributed by atoms with Crippen LogP contribution in [0.3, 0.4) is 0 Å². The van der Waals surface area contributed by atoms with E-state index in [-0.39, 0.29) is 32.6 Å². The molecule has 0 aliphatic heterocycles. The van der Waals surface area contributed by atoms with Crippen LogP contribution < -0.4 is 10.6 Å². The Labute approximate surface area is 276 Å². The van der Waals surface area contributed by atoms with Crippen molar-refractivity contribution in [2.75, 3.05) is 26.4 Å². The van der Waals surface area contributed by atoms with Gasteiger partial charge in [0.15, 0.2) is 6.10 Å². The van der Waals surface area contributed by atoms with E-state index in [2.05, 4.69) is 32.2 Å². The highest BCUT2D eigenvalue weighted by molar-refractivity contribution is 7.45. The molecule has 0 aromatic rings.